The molecule has 0 saturated heterocycles. The number of hydrogen-bond donors (Lipinski definition) is 1. The Morgan fingerprint density at radius 3 is 2.75 bits per heavy atom. The van der Waals surface area contributed by atoms with Crippen LogP contribution in [0.4, 0.5) is 0 Å². The molecule has 0 aliphatic rings. The molecule has 0 bridgehead atoms. The van der Waals surface area contributed by atoms with Crippen molar-refractivity contribution in [2.45, 2.75) is 19.4 Å². The monoisotopic (exact) mass is 289 g/mol. The van der Waals surface area contributed by atoms with Gasteiger partial charge in [-0.2, -0.15) is 11.3 Å². The summed E-state index contributed by atoms with van der Waals surface area (Å²) in [5.74, 6) is 0.0315. The van der Waals surface area contributed by atoms with Gasteiger partial charge < -0.3 is 10.1 Å². The lowest BCUT2D eigenvalue weighted by molar-refractivity contribution is -0.121. The van der Waals surface area contributed by atoms with Gasteiger partial charge >= 0.3 is 0 Å². The molecule has 0 radical (unpaired) electrons. The van der Waals surface area contributed by atoms with Gasteiger partial charge in [0.05, 0.1) is 12.5 Å². The quantitative estimate of drug-likeness (QED) is 0.850. The molecule has 2 aromatic rings. The zero-order valence-electron chi connectivity index (χ0n) is 11.5. The van der Waals surface area contributed by atoms with Crippen LogP contribution in [0.25, 0.3) is 0 Å². The lowest BCUT2D eigenvalue weighted by Gasteiger charge is -2.18. The fourth-order valence-corrected chi connectivity index (χ4v) is 2.66. The SMILES string of the molecule is CCO[C@H](CNC(=O)Cc1ccsc1)c1ccccc1. The van der Waals surface area contributed by atoms with E-state index in [-0.39, 0.29) is 12.0 Å². The van der Waals surface area contributed by atoms with Crippen LogP contribution < -0.4 is 5.32 Å². The summed E-state index contributed by atoms with van der Waals surface area (Å²) in [6, 6.07) is 11.9. The van der Waals surface area contributed by atoms with E-state index in [1.54, 1.807) is 11.3 Å². The van der Waals surface area contributed by atoms with Crippen molar-refractivity contribution in [2.24, 2.45) is 0 Å². The zero-order chi connectivity index (χ0) is 14.2. The molecular formula is C16H19NO2S. The smallest absolute Gasteiger partial charge is 0.224 e. The third-order valence-electron chi connectivity index (χ3n) is 2.97. The summed E-state index contributed by atoms with van der Waals surface area (Å²) in [6.07, 6.45) is 0.338. The van der Waals surface area contributed by atoms with E-state index in [0.717, 1.165) is 11.1 Å². The van der Waals surface area contributed by atoms with Gasteiger partial charge in [0, 0.05) is 13.2 Å². The summed E-state index contributed by atoms with van der Waals surface area (Å²) in [4.78, 5) is 11.9. The number of hydrogen-bond acceptors (Lipinski definition) is 3. The van der Waals surface area contributed by atoms with Crippen LogP contribution in [-0.4, -0.2) is 19.1 Å². The molecule has 1 aromatic carbocycles. The van der Waals surface area contributed by atoms with Crippen molar-refractivity contribution in [1.82, 2.24) is 5.32 Å². The van der Waals surface area contributed by atoms with E-state index in [0.29, 0.717) is 19.6 Å². The van der Waals surface area contributed by atoms with Crippen LogP contribution in [0.2, 0.25) is 0 Å². The fraction of sp³-hybridized carbons (Fsp3) is 0.312. The molecule has 0 spiro atoms. The van der Waals surface area contributed by atoms with Gasteiger partial charge in [0.25, 0.3) is 0 Å². The summed E-state index contributed by atoms with van der Waals surface area (Å²) < 4.78 is 5.70. The first-order valence-corrected chi connectivity index (χ1v) is 7.68. The van der Waals surface area contributed by atoms with E-state index >= 15 is 0 Å². The zero-order valence-corrected chi connectivity index (χ0v) is 12.4. The summed E-state index contributed by atoms with van der Waals surface area (Å²) in [7, 11) is 0. The molecule has 1 N–H and O–H groups in total. The molecule has 2 rings (SSSR count). The topological polar surface area (TPSA) is 38.3 Å². The molecule has 1 atom stereocenters. The van der Waals surface area contributed by atoms with Crippen molar-refractivity contribution < 1.29 is 9.53 Å². The highest BCUT2D eigenvalue weighted by atomic mass is 32.1. The molecule has 106 valence electrons. The number of carbonyl (C=O) groups excluding carboxylic acids is 1. The minimum absolute atomic E-state index is 0.0315. The number of amides is 1. The second kappa shape index (κ2) is 7.82. The molecule has 0 fully saturated rings. The predicted octanol–water partition coefficient (Wildman–Crippen LogP) is 3.18. The molecule has 4 heteroatoms. The summed E-state index contributed by atoms with van der Waals surface area (Å²) in [5, 5.41) is 6.92. The predicted molar refractivity (Wildman–Crippen MR) is 81.8 cm³/mol. The Morgan fingerprint density at radius 1 is 1.30 bits per heavy atom. The van der Waals surface area contributed by atoms with Crippen LogP contribution in [0.1, 0.15) is 24.2 Å². The fourth-order valence-electron chi connectivity index (χ4n) is 1.99. The molecule has 3 nitrogen and oxygen atoms in total. The van der Waals surface area contributed by atoms with Gasteiger partial charge in [0.15, 0.2) is 0 Å². The molecule has 0 unspecified atom stereocenters. The van der Waals surface area contributed by atoms with Crippen molar-refractivity contribution >= 4 is 17.2 Å². The lowest BCUT2D eigenvalue weighted by atomic mass is 10.1. The van der Waals surface area contributed by atoms with Crippen molar-refractivity contribution in [2.75, 3.05) is 13.2 Å². The van der Waals surface area contributed by atoms with Crippen LogP contribution in [0.15, 0.2) is 47.2 Å². The molecule has 0 aliphatic heterocycles. The number of benzene rings is 1. The molecule has 20 heavy (non-hydrogen) atoms. The highest BCUT2D eigenvalue weighted by Crippen LogP contribution is 2.16. The van der Waals surface area contributed by atoms with Gasteiger partial charge in [0.2, 0.25) is 5.91 Å². The molecule has 0 saturated carbocycles. The average Bonchev–Trinajstić information content (AvgIpc) is 2.97. The average molecular weight is 289 g/mol. The van der Waals surface area contributed by atoms with Crippen molar-refractivity contribution in [3.05, 3.63) is 58.3 Å². The largest absolute Gasteiger partial charge is 0.372 e. The Balaban J connectivity index is 1.87. The minimum Gasteiger partial charge on any atom is -0.372 e. The summed E-state index contributed by atoms with van der Waals surface area (Å²) in [5.41, 5.74) is 2.14. The van der Waals surface area contributed by atoms with E-state index in [9.17, 15) is 4.79 Å². The maximum absolute atomic E-state index is 11.9. The van der Waals surface area contributed by atoms with Crippen LogP contribution >= 0.6 is 11.3 Å². The van der Waals surface area contributed by atoms with E-state index in [2.05, 4.69) is 5.32 Å². The Bertz CT molecular complexity index is 511. The summed E-state index contributed by atoms with van der Waals surface area (Å²) in [6.45, 7) is 3.09. The van der Waals surface area contributed by atoms with Crippen LogP contribution in [0.5, 0.6) is 0 Å². The lowest BCUT2D eigenvalue weighted by Crippen LogP contribution is -2.30. The maximum atomic E-state index is 11.9. The summed E-state index contributed by atoms with van der Waals surface area (Å²) >= 11 is 1.61. The van der Waals surface area contributed by atoms with E-state index in [1.807, 2.05) is 54.1 Å². The van der Waals surface area contributed by atoms with Crippen molar-refractivity contribution in [3.63, 3.8) is 0 Å². The minimum atomic E-state index is -0.0902. The number of thiophene rings is 1. The third-order valence-corrected chi connectivity index (χ3v) is 3.70. The van der Waals surface area contributed by atoms with Crippen LogP contribution in [-0.2, 0) is 16.0 Å². The van der Waals surface area contributed by atoms with Crippen LogP contribution in [0, 0.1) is 0 Å². The highest BCUT2D eigenvalue weighted by molar-refractivity contribution is 7.07. The Labute approximate surface area is 123 Å². The molecule has 0 aliphatic carbocycles. The highest BCUT2D eigenvalue weighted by Gasteiger charge is 2.12. The first kappa shape index (κ1) is 14.8. The first-order valence-electron chi connectivity index (χ1n) is 6.74. The maximum Gasteiger partial charge on any atom is 0.224 e. The second-order valence-electron chi connectivity index (χ2n) is 4.47. The van der Waals surface area contributed by atoms with Gasteiger partial charge in [-0.25, -0.2) is 0 Å². The van der Waals surface area contributed by atoms with Gasteiger partial charge in [0.1, 0.15) is 0 Å². The van der Waals surface area contributed by atoms with Gasteiger partial charge in [-0.15, -0.1) is 0 Å². The second-order valence-corrected chi connectivity index (χ2v) is 5.25. The normalized spacial score (nSPS) is 12.1. The first-order chi connectivity index (χ1) is 9.79. The third kappa shape index (κ3) is 4.47. The molecule has 1 heterocycles. The Morgan fingerprint density at radius 2 is 2.10 bits per heavy atom. The Hall–Kier alpha value is -1.65. The van der Waals surface area contributed by atoms with E-state index in [1.165, 1.54) is 0 Å². The van der Waals surface area contributed by atoms with E-state index in [4.69, 9.17) is 4.74 Å². The van der Waals surface area contributed by atoms with Gasteiger partial charge in [-0.1, -0.05) is 30.3 Å². The number of ether oxygens (including phenoxy) is 1. The van der Waals surface area contributed by atoms with Crippen molar-refractivity contribution in [1.29, 1.82) is 0 Å². The standard InChI is InChI=1S/C16H19NO2S/c1-2-19-15(14-6-4-3-5-7-14)11-17-16(18)10-13-8-9-20-12-13/h3-9,12,15H,2,10-11H2,1H3,(H,17,18)/t15-/m1/s1. The number of carbonyl (C=O) groups is 1. The van der Waals surface area contributed by atoms with Crippen LogP contribution in [0.3, 0.4) is 0 Å². The Kier molecular flexibility index (Phi) is 5.77. The van der Waals surface area contributed by atoms with Gasteiger partial charge in [-0.05, 0) is 34.9 Å². The van der Waals surface area contributed by atoms with Gasteiger partial charge in [-0.3, -0.25) is 4.79 Å². The van der Waals surface area contributed by atoms with E-state index < -0.39 is 0 Å². The molecule has 1 amide bonds. The number of nitrogens with one attached hydrogen (secondary N) is 1. The molecule has 1 aromatic heterocycles. The number of rotatable bonds is 7. The van der Waals surface area contributed by atoms with Crippen molar-refractivity contribution in [3.8, 4) is 0 Å². The molecular weight excluding hydrogens is 270 g/mol.